The Morgan fingerprint density at radius 1 is 1.33 bits per heavy atom. The number of para-hydroxylation sites is 1. The predicted molar refractivity (Wildman–Crippen MR) is 89.9 cm³/mol. The van der Waals surface area contributed by atoms with Crippen molar-refractivity contribution in [2.24, 2.45) is 5.92 Å². The second kappa shape index (κ2) is 7.03. The minimum Gasteiger partial charge on any atom is -0.398 e. The van der Waals surface area contributed by atoms with E-state index in [2.05, 4.69) is 6.92 Å². The van der Waals surface area contributed by atoms with Crippen LogP contribution in [0.1, 0.15) is 26.7 Å². The van der Waals surface area contributed by atoms with Crippen molar-refractivity contribution in [3.8, 4) is 0 Å². The predicted octanol–water partition coefficient (Wildman–Crippen LogP) is 2.81. The first kappa shape index (κ1) is 16.6. The summed E-state index contributed by atoms with van der Waals surface area (Å²) in [6.45, 7) is 4.81. The topological polar surface area (TPSA) is 63.4 Å². The van der Waals surface area contributed by atoms with Gasteiger partial charge in [-0.3, -0.25) is 0 Å². The molecular formula is C15H24N2O2S2. The number of piperidine rings is 1. The third-order valence-electron chi connectivity index (χ3n) is 4.19. The van der Waals surface area contributed by atoms with Gasteiger partial charge in [0.25, 0.3) is 0 Å². The summed E-state index contributed by atoms with van der Waals surface area (Å²) < 4.78 is 26.7. The van der Waals surface area contributed by atoms with Crippen LogP contribution < -0.4 is 5.73 Å². The van der Waals surface area contributed by atoms with Gasteiger partial charge in [-0.1, -0.05) is 19.1 Å². The molecule has 6 heteroatoms. The summed E-state index contributed by atoms with van der Waals surface area (Å²) in [4.78, 5) is 0.952. The summed E-state index contributed by atoms with van der Waals surface area (Å²) in [6, 6.07) is 7.67. The second-order valence-corrected chi connectivity index (χ2v) is 8.85. The zero-order chi connectivity index (χ0) is 15.5. The molecule has 1 aromatic rings. The van der Waals surface area contributed by atoms with Gasteiger partial charge in [0.15, 0.2) is 0 Å². The van der Waals surface area contributed by atoms with Gasteiger partial charge in [0.2, 0.25) is 10.0 Å². The van der Waals surface area contributed by atoms with Crippen molar-refractivity contribution < 1.29 is 8.42 Å². The Labute approximate surface area is 132 Å². The van der Waals surface area contributed by atoms with Crippen LogP contribution in [0.15, 0.2) is 29.2 Å². The number of nitrogen functional groups attached to an aromatic ring is 1. The number of rotatable bonds is 5. The van der Waals surface area contributed by atoms with E-state index in [4.69, 9.17) is 5.73 Å². The van der Waals surface area contributed by atoms with Gasteiger partial charge in [-0.15, -0.1) is 11.8 Å². The summed E-state index contributed by atoms with van der Waals surface area (Å²) in [6.07, 6.45) is 2.08. The molecule has 0 aliphatic carbocycles. The normalized spacial score (nSPS) is 24.1. The molecule has 0 bridgehead atoms. The molecule has 0 spiro atoms. The lowest BCUT2D eigenvalue weighted by molar-refractivity contribution is 0.202. The fourth-order valence-electron chi connectivity index (χ4n) is 2.68. The van der Waals surface area contributed by atoms with E-state index in [1.165, 1.54) is 11.8 Å². The molecule has 2 atom stereocenters. The number of sulfonamides is 1. The molecule has 1 fully saturated rings. The summed E-state index contributed by atoms with van der Waals surface area (Å²) in [5, 5.41) is 0. The van der Waals surface area contributed by atoms with Crippen LogP contribution in [0.2, 0.25) is 0 Å². The van der Waals surface area contributed by atoms with Crippen LogP contribution in [-0.4, -0.2) is 36.8 Å². The first-order chi connectivity index (χ1) is 9.92. The summed E-state index contributed by atoms with van der Waals surface area (Å²) in [5.74, 6) is 1.14. The molecule has 1 heterocycles. The molecule has 0 aromatic heterocycles. The number of nitrogens with two attached hydrogens (primary N) is 1. The maximum absolute atomic E-state index is 12.5. The van der Waals surface area contributed by atoms with Gasteiger partial charge in [0.1, 0.15) is 0 Å². The molecule has 1 saturated heterocycles. The standard InChI is InChI=1S/C15H24N2O2S2/c1-12-6-5-9-17(13(12)2)21(18,19)11-10-20-15-8-4-3-7-14(15)16/h3-4,7-8,12-13H,5-6,9-11,16H2,1-2H3. The number of nitrogens with zero attached hydrogens (tertiary/aromatic N) is 1. The highest BCUT2D eigenvalue weighted by Gasteiger charge is 2.32. The number of hydrogen-bond donors (Lipinski definition) is 1. The average molecular weight is 329 g/mol. The van der Waals surface area contributed by atoms with E-state index in [9.17, 15) is 8.42 Å². The van der Waals surface area contributed by atoms with Crippen LogP contribution in [0.5, 0.6) is 0 Å². The molecule has 2 rings (SSSR count). The Hall–Kier alpha value is -0.720. The Bertz CT molecular complexity index is 575. The van der Waals surface area contributed by atoms with Crippen LogP contribution >= 0.6 is 11.8 Å². The van der Waals surface area contributed by atoms with E-state index in [0.717, 1.165) is 17.7 Å². The van der Waals surface area contributed by atoms with Gasteiger partial charge in [-0.05, 0) is 37.8 Å². The fourth-order valence-corrected chi connectivity index (χ4v) is 5.84. The summed E-state index contributed by atoms with van der Waals surface area (Å²) >= 11 is 1.51. The van der Waals surface area contributed by atoms with Gasteiger partial charge in [-0.25, -0.2) is 8.42 Å². The SMILES string of the molecule is CC1CCCN(S(=O)(=O)CCSc2ccccc2N)C1C. The van der Waals surface area contributed by atoms with E-state index in [-0.39, 0.29) is 11.8 Å². The average Bonchev–Trinajstić information content (AvgIpc) is 2.43. The third-order valence-corrected chi connectivity index (χ3v) is 7.49. The van der Waals surface area contributed by atoms with Crippen molar-refractivity contribution in [1.29, 1.82) is 0 Å². The van der Waals surface area contributed by atoms with Crippen LogP contribution in [-0.2, 0) is 10.0 Å². The summed E-state index contributed by atoms with van der Waals surface area (Å²) in [5.41, 5.74) is 6.58. The van der Waals surface area contributed by atoms with E-state index in [1.807, 2.05) is 31.2 Å². The van der Waals surface area contributed by atoms with Crippen molar-refractivity contribution in [2.45, 2.75) is 37.6 Å². The number of anilines is 1. The molecule has 4 nitrogen and oxygen atoms in total. The molecule has 0 radical (unpaired) electrons. The monoisotopic (exact) mass is 328 g/mol. The molecule has 118 valence electrons. The third kappa shape index (κ3) is 4.14. The van der Waals surface area contributed by atoms with Gasteiger partial charge >= 0.3 is 0 Å². The van der Waals surface area contributed by atoms with Crippen molar-refractivity contribution >= 4 is 27.5 Å². The smallest absolute Gasteiger partial charge is 0.215 e. The highest BCUT2D eigenvalue weighted by molar-refractivity contribution is 8.00. The van der Waals surface area contributed by atoms with E-state index in [1.54, 1.807) is 4.31 Å². The van der Waals surface area contributed by atoms with Gasteiger partial charge < -0.3 is 5.73 Å². The molecule has 2 N–H and O–H groups in total. The van der Waals surface area contributed by atoms with E-state index in [0.29, 0.717) is 23.9 Å². The lowest BCUT2D eigenvalue weighted by Gasteiger charge is -2.36. The Balaban J connectivity index is 1.94. The maximum Gasteiger partial charge on any atom is 0.215 e. The molecule has 1 aliphatic rings. The quantitative estimate of drug-likeness (QED) is 0.667. The van der Waals surface area contributed by atoms with Gasteiger partial charge in [-0.2, -0.15) is 4.31 Å². The number of thioether (sulfide) groups is 1. The minimum atomic E-state index is -3.18. The molecule has 21 heavy (non-hydrogen) atoms. The minimum absolute atomic E-state index is 0.107. The molecule has 0 amide bonds. The van der Waals surface area contributed by atoms with Crippen LogP contribution in [0.4, 0.5) is 5.69 Å². The lowest BCUT2D eigenvalue weighted by atomic mass is 9.94. The van der Waals surface area contributed by atoms with Crippen LogP contribution in [0.25, 0.3) is 0 Å². The zero-order valence-corrected chi connectivity index (χ0v) is 14.3. The van der Waals surface area contributed by atoms with Crippen molar-refractivity contribution in [2.75, 3.05) is 23.8 Å². The van der Waals surface area contributed by atoms with Crippen molar-refractivity contribution in [3.63, 3.8) is 0 Å². The van der Waals surface area contributed by atoms with E-state index < -0.39 is 10.0 Å². The first-order valence-electron chi connectivity index (χ1n) is 7.38. The molecule has 0 saturated carbocycles. The molecule has 1 aromatic carbocycles. The number of benzene rings is 1. The van der Waals surface area contributed by atoms with Gasteiger partial charge in [0.05, 0.1) is 5.75 Å². The molecule has 1 aliphatic heterocycles. The second-order valence-electron chi connectivity index (χ2n) is 5.67. The maximum atomic E-state index is 12.5. The van der Waals surface area contributed by atoms with Gasteiger partial charge in [0, 0.05) is 28.9 Å². The van der Waals surface area contributed by atoms with E-state index >= 15 is 0 Å². The first-order valence-corrected chi connectivity index (χ1v) is 9.98. The molecule has 2 unspecified atom stereocenters. The molecular weight excluding hydrogens is 304 g/mol. The zero-order valence-electron chi connectivity index (χ0n) is 12.7. The van der Waals surface area contributed by atoms with Crippen molar-refractivity contribution in [3.05, 3.63) is 24.3 Å². The fraction of sp³-hybridized carbons (Fsp3) is 0.600. The largest absolute Gasteiger partial charge is 0.398 e. The van der Waals surface area contributed by atoms with Crippen molar-refractivity contribution in [1.82, 2.24) is 4.31 Å². The summed E-state index contributed by atoms with van der Waals surface area (Å²) in [7, 11) is -3.18. The Morgan fingerprint density at radius 2 is 2.05 bits per heavy atom. The Morgan fingerprint density at radius 3 is 2.76 bits per heavy atom. The highest BCUT2D eigenvalue weighted by atomic mass is 32.2. The lowest BCUT2D eigenvalue weighted by Crippen LogP contribution is -2.47. The number of hydrogen-bond acceptors (Lipinski definition) is 4. The Kier molecular flexibility index (Phi) is 5.57. The highest BCUT2D eigenvalue weighted by Crippen LogP contribution is 2.28. The van der Waals surface area contributed by atoms with Crippen LogP contribution in [0.3, 0.4) is 0 Å². The van der Waals surface area contributed by atoms with Crippen LogP contribution in [0, 0.1) is 5.92 Å².